The minimum atomic E-state index is -4.78. The monoisotopic (exact) mass is 460 g/mol. The van der Waals surface area contributed by atoms with Gasteiger partial charge in [-0.25, -0.2) is 13.8 Å². The van der Waals surface area contributed by atoms with Crippen molar-refractivity contribution >= 4 is 34.6 Å². The van der Waals surface area contributed by atoms with E-state index in [-0.39, 0.29) is 11.1 Å². The molecule has 2 aromatic rings. The van der Waals surface area contributed by atoms with Gasteiger partial charge in [-0.15, -0.1) is 4.72 Å². The molecule has 0 aliphatic heterocycles. The summed E-state index contributed by atoms with van der Waals surface area (Å²) in [6, 6.07) is 1.64. The Labute approximate surface area is 171 Å². The molecule has 1 N–H and O–H groups in total. The number of alkyl halides is 3. The molecule has 0 spiro atoms. The van der Waals surface area contributed by atoms with Crippen LogP contribution in [-0.2, 0) is 17.5 Å². The van der Waals surface area contributed by atoms with Crippen LogP contribution < -0.4 is 4.72 Å². The highest BCUT2D eigenvalue weighted by Gasteiger charge is 2.37. The van der Waals surface area contributed by atoms with Crippen molar-refractivity contribution in [2.45, 2.75) is 37.7 Å². The van der Waals surface area contributed by atoms with Gasteiger partial charge in [0.05, 0.1) is 5.02 Å². The number of benzene rings is 1. The van der Waals surface area contributed by atoms with E-state index in [0.29, 0.717) is 0 Å². The van der Waals surface area contributed by atoms with E-state index in [1.54, 1.807) is 20.8 Å². The first-order valence-corrected chi connectivity index (χ1v) is 9.68. The van der Waals surface area contributed by atoms with Gasteiger partial charge in [0.1, 0.15) is 27.4 Å². The molecular formula is C17H15Cl2F5N2OS. The van der Waals surface area contributed by atoms with Crippen LogP contribution in [-0.4, -0.2) is 14.3 Å². The van der Waals surface area contributed by atoms with Crippen LogP contribution in [0.3, 0.4) is 0 Å². The van der Waals surface area contributed by atoms with Gasteiger partial charge in [-0.2, -0.15) is 13.2 Å². The van der Waals surface area contributed by atoms with Crippen LogP contribution in [0.15, 0.2) is 24.4 Å². The molecule has 1 heterocycles. The third kappa shape index (κ3) is 5.07. The summed E-state index contributed by atoms with van der Waals surface area (Å²) in [4.78, 5) is 3.31. The van der Waals surface area contributed by atoms with Gasteiger partial charge < -0.3 is 4.55 Å². The Morgan fingerprint density at radius 1 is 1.14 bits per heavy atom. The lowest BCUT2D eigenvalue weighted by molar-refractivity contribution is -0.141. The maximum atomic E-state index is 14.6. The molecule has 1 aromatic heterocycles. The number of nitrogens with one attached hydrogen (secondary N) is 1. The fraction of sp³-hybridized carbons (Fsp3) is 0.353. The first kappa shape index (κ1) is 23.2. The lowest BCUT2D eigenvalue weighted by atomic mass is 10.00. The SMILES string of the molecule is CC(C)(C)[S+]([O-])N[C@H](c1cnc(C(F)(F)F)c(Cl)c1)c1ccc(F)c(Cl)c1F. The first-order chi connectivity index (χ1) is 12.7. The van der Waals surface area contributed by atoms with Crippen LogP contribution >= 0.6 is 23.2 Å². The molecule has 0 amide bonds. The zero-order valence-electron chi connectivity index (χ0n) is 14.8. The van der Waals surface area contributed by atoms with E-state index in [2.05, 4.69) is 9.71 Å². The molecule has 0 saturated carbocycles. The van der Waals surface area contributed by atoms with Crippen LogP contribution in [0, 0.1) is 11.6 Å². The molecule has 0 fully saturated rings. The number of nitrogens with zero attached hydrogens (tertiary/aromatic N) is 1. The van der Waals surface area contributed by atoms with Gasteiger partial charge in [-0.05, 0) is 38.5 Å². The van der Waals surface area contributed by atoms with Crippen LogP contribution in [0.5, 0.6) is 0 Å². The van der Waals surface area contributed by atoms with Crippen LogP contribution in [0.4, 0.5) is 22.0 Å². The molecule has 0 bridgehead atoms. The van der Waals surface area contributed by atoms with Gasteiger partial charge in [0.15, 0.2) is 5.69 Å². The van der Waals surface area contributed by atoms with Gasteiger partial charge in [0.25, 0.3) is 0 Å². The van der Waals surface area contributed by atoms with Gasteiger partial charge in [-0.3, -0.25) is 0 Å². The molecule has 28 heavy (non-hydrogen) atoms. The van der Waals surface area contributed by atoms with Crippen molar-refractivity contribution in [3.05, 3.63) is 62.9 Å². The molecule has 1 unspecified atom stereocenters. The number of halogens is 7. The van der Waals surface area contributed by atoms with Crippen molar-refractivity contribution in [3.8, 4) is 0 Å². The van der Waals surface area contributed by atoms with E-state index >= 15 is 0 Å². The fourth-order valence-corrected chi connectivity index (χ4v) is 3.46. The third-order valence-corrected chi connectivity index (χ3v) is 5.82. The molecule has 2 atom stereocenters. The maximum absolute atomic E-state index is 14.6. The van der Waals surface area contributed by atoms with E-state index in [1.807, 2.05) is 0 Å². The normalized spacial score (nSPS) is 14.8. The van der Waals surface area contributed by atoms with E-state index in [1.165, 1.54) is 0 Å². The zero-order chi connectivity index (χ0) is 21.4. The van der Waals surface area contributed by atoms with Crippen molar-refractivity contribution in [3.63, 3.8) is 0 Å². The second-order valence-corrected chi connectivity index (χ2v) is 9.58. The average molecular weight is 461 g/mol. The smallest absolute Gasteiger partial charge is 0.434 e. The molecule has 154 valence electrons. The lowest BCUT2D eigenvalue weighted by Gasteiger charge is -2.28. The highest BCUT2D eigenvalue weighted by atomic mass is 35.5. The molecule has 0 aliphatic rings. The summed E-state index contributed by atoms with van der Waals surface area (Å²) >= 11 is 9.55. The summed E-state index contributed by atoms with van der Waals surface area (Å²) in [5, 5.41) is -1.51. The summed E-state index contributed by atoms with van der Waals surface area (Å²) < 4.78 is 81.2. The Morgan fingerprint density at radius 2 is 1.75 bits per heavy atom. The average Bonchev–Trinajstić information content (AvgIpc) is 2.56. The van der Waals surface area contributed by atoms with E-state index < -0.39 is 55.7 Å². The Hall–Kier alpha value is -1.13. The van der Waals surface area contributed by atoms with Crippen molar-refractivity contribution in [2.75, 3.05) is 0 Å². The van der Waals surface area contributed by atoms with Crippen LogP contribution in [0.2, 0.25) is 10.0 Å². The molecule has 1 aromatic carbocycles. The van der Waals surface area contributed by atoms with E-state index in [0.717, 1.165) is 24.4 Å². The molecule has 0 aliphatic carbocycles. The van der Waals surface area contributed by atoms with E-state index in [9.17, 15) is 26.5 Å². The topological polar surface area (TPSA) is 48.0 Å². The number of rotatable bonds is 4. The minimum Gasteiger partial charge on any atom is -0.598 e. The summed E-state index contributed by atoms with van der Waals surface area (Å²) in [6.07, 6.45) is -3.94. The largest absolute Gasteiger partial charge is 0.598 e. The first-order valence-electron chi connectivity index (χ1n) is 7.77. The van der Waals surface area contributed by atoms with Crippen molar-refractivity contribution in [1.29, 1.82) is 0 Å². The molecule has 2 rings (SSSR count). The van der Waals surface area contributed by atoms with Crippen LogP contribution in [0.1, 0.15) is 43.6 Å². The second-order valence-electron chi connectivity index (χ2n) is 6.79. The van der Waals surface area contributed by atoms with Crippen LogP contribution in [0.25, 0.3) is 0 Å². The number of pyridine rings is 1. The fourth-order valence-electron chi connectivity index (χ4n) is 2.18. The Kier molecular flexibility index (Phi) is 6.87. The van der Waals surface area contributed by atoms with Crippen molar-refractivity contribution < 1.29 is 26.5 Å². The number of hydrogen-bond donors (Lipinski definition) is 1. The molecule has 3 nitrogen and oxygen atoms in total. The third-order valence-electron chi connectivity index (χ3n) is 3.62. The predicted molar refractivity (Wildman–Crippen MR) is 98.5 cm³/mol. The predicted octanol–water partition coefficient (Wildman–Crippen LogP) is 5.83. The Balaban J connectivity index is 2.60. The Bertz CT molecular complexity index is 874. The second kappa shape index (κ2) is 8.31. The zero-order valence-corrected chi connectivity index (χ0v) is 17.1. The molecular weight excluding hydrogens is 446 g/mol. The standard InChI is InChI=1S/C17H15Cl2F5N2OS/c1-16(2,3)28(27)26-14(9-4-5-11(20)12(19)13(9)21)8-6-10(18)15(25-7-8)17(22,23)24/h4-7,14,26H,1-3H3/t14-,28?/m1/s1. The molecule has 0 radical (unpaired) electrons. The summed E-state index contributed by atoms with van der Waals surface area (Å²) in [7, 11) is 0. The van der Waals surface area contributed by atoms with Gasteiger partial charge in [0.2, 0.25) is 0 Å². The van der Waals surface area contributed by atoms with Crippen molar-refractivity contribution in [2.24, 2.45) is 0 Å². The van der Waals surface area contributed by atoms with E-state index in [4.69, 9.17) is 23.2 Å². The van der Waals surface area contributed by atoms with Crippen molar-refractivity contribution in [1.82, 2.24) is 9.71 Å². The summed E-state index contributed by atoms with van der Waals surface area (Å²) in [5.74, 6) is -2.15. The molecule has 0 saturated heterocycles. The highest BCUT2D eigenvalue weighted by Crippen LogP contribution is 2.36. The minimum absolute atomic E-state index is 0.00262. The molecule has 11 heteroatoms. The Morgan fingerprint density at radius 3 is 2.25 bits per heavy atom. The highest BCUT2D eigenvalue weighted by molar-refractivity contribution is 7.90. The number of aromatic nitrogens is 1. The summed E-state index contributed by atoms with van der Waals surface area (Å²) in [6.45, 7) is 4.91. The number of hydrogen-bond acceptors (Lipinski definition) is 3. The maximum Gasteiger partial charge on any atom is 0.434 e. The quantitative estimate of drug-likeness (QED) is 0.354. The van der Waals surface area contributed by atoms with Gasteiger partial charge in [-0.1, -0.05) is 29.3 Å². The van der Waals surface area contributed by atoms with Gasteiger partial charge in [0, 0.05) is 23.1 Å². The van der Waals surface area contributed by atoms with Gasteiger partial charge >= 0.3 is 6.18 Å². The summed E-state index contributed by atoms with van der Waals surface area (Å²) in [5.41, 5.74) is -1.54. The lowest BCUT2D eigenvalue weighted by Crippen LogP contribution is -2.41.